The molecule has 5 nitrogen and oxygen atoms in total. The van der Waals surface area contributed by atoms with Gasteiger partial charge in [-0.15, -0.1) is 0 Å². The molecular weight excluding hydrogens is 242 g/mol. The summed E-state index contributed by atoms with van der Waals surface area (Å²) in [5.41, 5.74) is 7.19. The largest absolute Gasteiger partial charge is 0.465 e. The molecule has 2 rings (SSSR count). The first kappa shape index (κ1) is 11.9. The van der Waals surface area contributed by atoms with Crippen LogP contribution in [0.3, 0.4) is 0 Å². The topological polar surface area (TPSA) is 78.6 Å². The van der Waals surface area contributed by atoms with Gasteiger partial charge in [0.25, 0.3) is 0 Å². The minimum absolute atomic E-state index is 0.324. The molecule has 1 aliphatic rings. The second-order valence-electron chi connectivity index (χ2n) is 4.16. The molecule has 0 spiro atoms. The summed E-state index contributed by atoms with van der Waals surface area (Å²) in [5.74, 6) is 0. The normalized spacial score (nSPS) is 14.5. The van der Waals surface area contributed by atoms with Gasteiger partial charge >= 0.3 is 6.09 Å². The molecule has 1 aliphatic carbocycles. The van der Waals surface area contributed by atoms with Crippen molar-refractivity contribution in [3.05, 3.63) is 17.2 Å². The average molecular weight is 256 g/mol. The number of nitrogens with two attached hydrogens (primary N) is 1. The first-order valence-electron chi connectivity index (χ1n) is 5.31. The monoisotopic (exact) mass is 255 g/mol. The Morgan fingerprint density at radius 1 is 1.59 bits per heavy atom. The van der Waals surface area contributed by atoms with Gasteiger partial charge in [-0.05, 0) is 25.0 Å². The summed E-state index contributed by atoms with van der Waals surface area (Å²) < 4.78 is 0. The van der Waals surface area contributed by atoms with E-state index in [4.69, 9.17) is 22.4 Å². The molecule has 1 aromatic carbocycles. The quantitative estimate of drug-likeness (QED) is 0.726. The number of nitrogen functional groups attached to an aromatic ring is 1. The lowest BCUT2D eigenvalue weighted by Gasteiger charge is -2.21. The number of anilines is 3. The number of hydrogen-bond acceptors (Lipinski definition) is 3. The van der Waals surface area contributed by atoms with Gasteiger partial charge in [0.2, 0.25) is 0 Å². The second-order valence-corrected chi connectivity index (χ2v) is 4.57. The van der Waals surface area contributed by atoms with E-state index in [1.165, 1.54) is 0 Å². The van der Waals surface area contributed by atoms with E-state index >= 15 is 0 Å². The van der Waals surface area contributed by atoms with Gasteiger partial charge in [-0.1, -0.05) is 11.6 Å². The first-order chi connectivity index (χ1) is 7.99. The standard InChI is InChI=1S/C11H14ClN3O2/c1-15(6-2-3-6)10-5-9(14-11(16)17)8(13)4-7(10)12/h4-6,14H,2-3,13H2,1H3,(H,16,17). The Balaban J connectivity index is 2.34. The van der Waals surface area contributed by atoms with Crippen molar-refractivity contribution in [2.45, 2.75) is 18.9 Å². The zero-order valence-corrected chi connectivity index (χ0v) is 10.2. The van der Waals surface area contributed by atoms with Crippen LogP contribution < -0.4 is 16.0 Å². The summed E-state index contributed by atoms with van der Waals surface area (Å²) in [6, 6.07) is 3.74. The minimum Gasteiger partial charge on any atom is -0.465 e. The lowest BCUT2D eigenvalue weighted by Crippen LogP contribution is -2.20. The van der Waals surface area contributed by atoms with Gasteiger partial charge in [-0.3, -0.25) is 5.32 Å². The van der Waals surface area contributed by atoms with E-state index in [1.54, 1.807) is 12.1 Å². The molecule has 0 saturated heterocycles. The Morgan fingerprint density at radius 3 is 2.76 bits per heavy atom. The van der Waals surface area contributed by atoms with Crippen LogP contribution >= 0.6 is 11.6 Å². The number of carboxylic acid groups (broad SMARTS) is 1. The van der Waals surface area contributed by atoms with Crippen molar-refractivity contribution in [2.75, 3.05) is 23.0 Å². The van der Waals surface area contributed by atoms with Crippen molar-refractivity contribution in [3.8, 4) is 0 Å². The fourth-order valence-corrected chi connectivity index (χ4v) is 2.03. The van der Waals surface area contributed by atoms with Crippen LogP contribution in [0.5, 0.6) is 0 Å². The Kier molecular flexibility index (Phi) is 3.02. The lowest BCUT2D eigenvalue weighted by atomic mass is 10.2. The molecule has 0 radical (unpaired) electrons. The highest BCUT2D eigenvalue weighted by Crippen LogP contribution is 2.38. The van der Waals surface area contributed by atoms with Crippen LogP contribution in [0.25, 0.3) is 0 Å². The zero-order valence-electron chi connectivity index (χ0n) is 9.40. The molecule has 0 heterocycles. The molecule has 0 aromatic heterocycles. The number of nitrogens with one attached hydrogen (secondary N) is 1. The number of hydrogen-bond donors (Lipinski definition) is 3. The Labute approximate surface area is 104 Å². The van der Waals surface area contributed by atoms with E-state index in [0.29, 0.717) is 22.4 Å². The Bertz CT molecular complexity index is 460. The maximum atomic E-state index is 10.6. The summed E-state index contributed by atoms with van der Waals surface area (Å²) in [4.78, 5) is 12.7. The summed E-state index contributed by atoms with van der Waals surface area (Å²) >= 11 is 6.11. The van der Waals surface area contributed by atoms with E-state index in [0.717, 1.165) is 18.5 Å². The van der Waals surface area contributed by atoms with E-state index in [9.17, 15) is 4.79 Å². The molecular formula is C11H14ClN3O2. The molecule has 1 aromatic rings. The number of rotatable bonds is 3. The molecule has 1 fully saturated rings. The third kappa shape index (κ3) is 2.55. The van der Waals surface area contributed by atoms with Crippen molar-refractivity contribution in [1.29, 1.82) is 0 Å². The van der Waals surface area contributed by atoms with Gasteiger partial charge in [0.05, 0.1) is 22.1 Å². The van der Waals surface area contributed by atoms with Crippen molar-refractivity contribution < 1.29 is 9.90 Å². The minimum atomic E-state index is -1.14. The smallest absolute Gasteiger partial charge is 0.409 e. The summed E-state index contributed by atoms with van der Waals surface area (Å²) in [6.45, 7) is 0. The zero-order chi connectivity index (χ0) is 12.6. The molecule has 1 amide bonds. The molecule has 92 valence electrons. The summed E-state index contributed by atoms with van der Waals surface area (Å²) in [7, 11) is 1.94. The SMILES string of the molecule is CN(c1cc(NC(=O)O)c(N)cc1Cl)C1CC1. The van der Waals surface area contributed by atoms with Gasteiger partial charge in [0, 0.05) is 13.1 Å². The van der Waals surface area contributed by atoms with E-state index in [1.807, 2.05) is 7.05 Å². The number of amides is 1. The van der Waals surface area contributed by atoms with E-state index in [2.05, 4.69) is 10.2 Å². The third-order valence-electron chi connectivity index (χ3n) is 2.84. The van der Waals surface area contributed by atoms with Gasteiger partial charge < -0.3 is 15.7 Å². The van der Waals surface area contributed by atoms with Crippen LogP contribution in [0.1, 0.15) is 12.8 Å². The Morgan fingerprint density at radius 2 is 2.24 bits per heavy atom. The second kappa shape index (κ2) is 4.33. The molecule has 0 aliphatic heterocycles. The van der Waals surface area contributed by atoms with Crippen molar-refractivity contribution in [3.63, 3.8) is 0 Å². The predicted molar refractivity (Wildman–Crippen MR) is 68.9 cm³/mol. The van der Waals surface area contributed by atoms with Gasteiger partial charge in [-0.25, -0.2) is 4.79 Å². The number of carbonyl (C=O) groups is 1. The number of nitrogens with zero attached hydrogens (tertiary/aromatic N) is 1. The molecule has 0 unspecified atom stereocenters. The molecule has 1 saturated carbocycles. The van der Waals surface area contributed by atoms with Crippen molar-refractivity contribution in [2.24, 2.45) is 0 Å². The summed E-state index contributed by atoms with van der Waals surface area (Å²) in [5, 5.41) is 11.5. The van der Waals surface area contributed by atoms with E-state index < -0.39 is 6.09 Å². The van der Waals surface area contributed by atoms with Crippen molar-refractivity contribution in [1.82, 2.24) is 0 Å². The first-order valence-corrected chi connectivity index (χ1v) is 5.68. The van der Waals surface area contributed by atoms with Gasteiger partial charge in [0.1, 0.15) is 0 Å². The fourth-order valence-electron chi connectivity index (χ4n) is 1.73. The van der Waals surface area contributed by atoms with Gasteiger partial charge in [-0.2, -0.15) is 0 Å². The van der Waals surface area contributed by atoms with Crippen LogP contribution in [-0.4, -0.2) is 24.3 Å². The molecule has 0 bridgehead atoms. The molecule has 0 atom stereocenters. The molecule has 17 heavy (non-hydrogen) atoms. The van der Waals surface area contributed by atoms with Crippen LogP contribution in [0.2, 0.25) is 5.02 Å². The van der Waals surface area contributed by atoms with Crippen LogP contribution in [0, 0.1) is 0 Å². The highest BCUT2D eigenvalue weighted by molar-refractivity contribution is 6.33. The Hall–Kier alpha value is -1.62. The number of halogens is 1. The van der Waals surface area contributed by atoms with Crippen molar-refractivity contribution >= 4 is 34.8 Å². The van der Waals surface area contributed by atoms with Crippen LogP contribution in [0.15, 0.2) is 12.1 Å². The maximum Gasteiger partial charge on any atom is 0.409 e. The number of benzene rings is 1. The highest BCUT2D eigenvalue weighted by atomic mass is 35.5. The fraction of sp³-hybridized carbons (Fsp3) is 0.364. The highest BCUT2D eigenvalue weighted by Gasteiger charge is 2.28. The maximum absolute atomic E-state index is 10.6. The molecule has 4 N–H and O–H groups in total. The summed E-state index contributed by atoms with van der Waals surface area (Å²) in [6.07, 6.45) is 1.14. The third-order valence-corrected chi connectivity index (χ3v) is 3.14. The molecule has 6 heteroatoms. The van der Waals surface area contributed by atoms with E-state index in [-0.39, 0.29) is 0 Å². The average Bonchev–Trinajstić information content (AvgIpc) is 3.04. The van der Waals surface area contributed by atoms with Gasteiger partial charge in [0.15, 0.2) is 0 Å². The predicted octanol–water partition coefficient (Wildman–Crippen LogP) is 2.61. The lowest BCUT2D eigenvalue weighted by molar-refractivity contribution is 0.210. The van der Waals surface area contributed by atoms with Crippen LogP contribution in [-0.2, 0) is 0 Å². The van der Waals surface area contributed by atoms with Crippen LogP contribution in [0.4, 0.5) is 21.9 Å².